The first-order chi connectivity index (χ1) is 10.1. The molecule has 8 heteroatoms. The van der Waals surface area contributed by atoms with E-state index in [0.29, 0.717) is 29.4 Å². The molecule has 2 aromatic rings. The number of benzene rings is 1. The van der Waals surface area contributed by atoms with Crippen molar-refractivity contribution in [2.24, 2.45) is 0 Å². The van der Waals surface area contributed by atoms with E-state index in [-0.39, 0.29) is 24.1 Å². The lowest BCUT2D eigenvalue weighted by molar-refractivity contribution is -0.116. The number of halogens is 2. The van der Waals surface area contributed by atoms with Gasteiger partial charge in [0.25, 0.3) is 0 Å². The van der Waals surface area contributed by atoms with Gasteiger partial charge in [-0.15, -0.1) is 23.7 Å². The van der Waals surface area contributed by atoms with Crippen molar-refractivity contribution in [1.29, 1.82) is 0 Å². The number of nitrogens with one attached hydrogen (secondary N) is 2. The lowest BCUT2D eigenvalue weighted by Crippen LogP contribution is -2.18. The highest BCUT2D eigenvalue weighted by Gasteiger charge is 2.10. The number of hydrogen-bond donors (Lipinski definition) is 2. The number of carbonyl (C=O) groups excluding carboxylic acids is 1. The first-order valence-corrected chi connectivity index (χ1v) is 7.26. The van der Waals surface area contributed by atoms with Crippen LogP contribution in [0.3, 0.4) is 0 Å². The molecule has 1 amide bonds. The minimum Gasteiger partial charge on any atom is -0.494 e. The van der Waals surface area contributed by atoms with Crippen LogP contribution in [0.2, 0.25) is 0 Å². The third-order valence-corrected chi connectivity index (χ3v) is 3.56. The van der Waals surface area contributed by atoms with Gasteiger partial charge in [-0.2, -0.15) is 0 Å². The second kappa shape index (κ2) is 8.67. The van der Waals surface area contributed by atoms with E-state index in [9.17, 15) is 9.18 Å². The average Bonchev–Trinajstić information content (AvgIpc) is 2.93. The average molecular weight is 346 g/mol. The summed E-state index contributed by atoms with van der Waals surface area (Å²) in [6.07, 6.45) is 0.378. The standard InChI is InChI=1S/C14H16FN3O2S.ClH/c1-16-6-5-13(19)18-14-17-11(8-21-14)9-3-4-12(20-2)10(15)7-9;/h3-4,7-8,16H,5-6H2,1-2H3,(H,17,18,19);1H. The van der Waals surface area contributed by atoms with Crippen LogP contribution in [0, 0.1) is 5.82 Å². The van der Waals surface area contributed by atoms with Crippen LogP contribution in [0.4, 0.5) is 9.52 Å². The third-order valence-electron chi connectivity index (χ3n) is 2.80. The minimum absolute atomic E-state index is 0. The molecule has 0 saturated carbocycles. The molecule has 1 heterocycles. The summed E-state index contributed by atoms with van der Waals surface area (Å²) in [4.78, 5) is 15.9. The molecular formula is C14H17ClFN3O2S. The van der Waals surface area contributed by atoms with E-state index in [1.807, 2.05) is 0 Å². The van der Waals surface area contributed by atoms with Crippen LogP contribution in [-0.4, -0.2) is 31.6 Å². The van der Waals surface area contributed by atoms with Crippen molar-refractivity contribution in [3.63, 3.8) is 0 Å². The number of rotatable bonds is 6. The smallest absolute Gasteiger partial charge is 0.227 e. The molecule has 5 nitrogen and oxygen atoms in total. The van der Waals surface area contributed by atoms with Crippen molar-refractivity contribution < 1.29 is 13.9 Å². The monoisotopic (exact) mass is 345 g/mol. The highest BCUT2D eigenvalue weighted by atomic mass is 35.5. The van der Waals surface area contributed by atoms with E-state index in [4.69, 9.17) is 4.74 Å². The van der Waals surface area contributed by atoms with Crippen molar-refractivity contribution in [2.75, 3.05) is 26.0 Å². The zero-order valence-corrected chi connectivity index (χ0v) is 13.8. The molecule has 2 rings (SSSR count). The molecule has 2 N–H and O–H groups in total. The summed E-state index contributed by atoms with van der Waals surface area (Å²) in [5.74, 6) is -0.358. The lowest BCUT2D eigenvalue weighted by atomic mass is 10.1. The number of carbonyl (C=O) groups is 1. The van der Waals surface area contributed by atoms with E-state index in [1.165, 1.54) is 24.5 Å². The first-order valence-electron chi connectivity index (χ1n) is 6.38. The maximum Gasteiger partial charge on any atom is 0.227 e. The quantitative estimate of drug-likeness (QED) is 0.845. The summed E-state index contributed by atoms with van der Waals surface area (Å²) in [5, 5.41) is 7.89. The van der Waals surface area contributed by atoms with E-state index >= 15 is 0 Å². The number of hydrogen-bond acceptors (Lipinski definition) is 5. The fourth-order valence-corrected chi connectivity index (χ4v) is 2.45. The maximum atomic E-state index is 13.7. The molecule has 0 saturated heterocycles. The Morgan fingerprint density at radius 3 is 2.86 bits per heavy atom. The van der Waals surface area contributed by atoms with Gasteiger partial charge in [-0.25, -0.2) is 9.37 Å². The van der Waals surface area contributed by atoms with Gasteiger partial charge in [-0.3, -0.25) is 4.79 Å². The molecule has 1 aromatic heterocycles. The van der Waals surface area contributed by atoms with E-state index < -0.39 is 5.82 Å². The van der Waals surface area contributed by atoms with Crippen LogP contribution < -0.4 is 15.4 Å². The Kier molecular flexibility index (Phi) is 7.23. The highest BCUT2D eigenvalue weighted by molar-refractivity contribution is 7.14. The molecule has 0 aliphatic carbocycles. The summed E-state index contributed by atoms with van der Waals surface area (Å²) in [7, 11) is 3.20. The molecule has 0 atom stereocenters. The maximum absolute atomic E-state index is 13.7. The number of thiazole rings is 1. The summed E-state index contributed by atoms with van der Waals surface area (Å²) in [6, 6.07) is 4.64. The zero-order valence-electron chi connectivity index (χ0n) is 12.2. The molecule has 0 aliphatic heterocycles. The van der Waals surface area contributed by atoms with Crippen LogP contribution in [0.5, 0.6) is 5.75 Å². The number of nitrogens with zero attached hydrogens (tertiary/aromatic N) is 1. The van der Waals surface area contributed by atoms with Gasteiger partial charge in [0.2, 0.25) is 5.91 Å². The number of anilines is 1. The zero-order chi connectivity index (χ0) is 15.2. The molecule has 0 aliphatic rings. The topological polar surface area (TPSA) is 63.2 Å². The number of ether oxygens (including phenoxy) is 1. The van der Waals surface area contributed by atoms with Crippen LogP contribution in [0.1, 0.15) is 6.42 Å². The van der Waals surface area contributed by atoms with Crippen molar-refractivity contribution in [3.05, 3.63) is 29.4 Å². The Labute approximate surface area is 138 Å². The second-order valence-corrected chi connectivity index (χ2v) is 5.15. The molecular weight excluding hydrogens is 329 g/mol. The van der Waals surface area contributed by atoms with Crippen molar-refractivity contribution in [2.45, 2.75) is 6.42 Å². The fraction of sp³-hybridized carbons (Fsp3) is 0.286. The summed E-state index contributed by atoms with van der Waals surface area (Å²) >= 11 is 1.30. The van der Waals surface area contributed by atoms with Crippen LogP contribution in [0.15, 0.2) is 23.6 Å². The van der Waals surface area contributed by atoms with Gasteiger partial charge in [0.05, 0.1) is 12.8 Å². The predicted molar refractivity (Wildman–Crippen MR) is 88.5 cm³/mol. The number of methoxy groups -OCH3 is 1. The lowest BCUT2D eigenvalue weighted by Gasteiger charge is -2.03. The first kappa shape index (κ1) is 18.3. The molecule has 0 fully saturated rings. The Morgan fingerprint density at radius 2 is 2.23 bits per heavy atom. The Bertz CT molecular complexity index is 636. The minimum atomic E-state index is -0.442. The van der Waals surface area contributed by atoms with Gasteiger partial charge in [-0.1, -0.05) is 0 Å². The van der Waals surface area contributed by atoms with Crippen LogP contribution >= 0.6 is 23.7 Å². The predicted octanol–water partition coefficient (Wildman–Crippen LogP) is 2.93. The molecule has 0 unspecified atom stereocenters. The third kappa shape index (κ3) is 4.66. The molecule has 0 bridgehead atoms. The Balaban J connectivity index is 0.00000242. The summed E-state index contributed by atoms with van der Waals surface area (Å²) in [6.45, 7) is 0.605. The molecule has 0 spiro atoms. The van der Waals surface area contributed by atoms with Crippen molar-refractivity contribution in [3.8, 4) is 17.0 Å². The molecule has 22 heavy (non-hydrogen) atoms. The fourth-order valence-electron chi connectivity index (χ4n) is 1.71. The van der Waals surface area contributed by atoms with Crippen LogP contribution in [0.25, 0.3) is 11.3 Å². The SMILES string of the molecule is CNCCC(=O)Nc1nc(-c2ccc(OC)c(F)c2)cs1.Cl. The summed E-state index contributed by atoms with van der Waals surface area (Å²) < 4.78 is 18.5. The summed E-state index contributed by atoms with van der Waals surface area (Å²) in [5.41, 5.74) is 1.26. The number of amides is 1. The van der Waals surface area contributed by atoms with Crippen LogP contribution in [-0.2, 0) is 4.79 Å². The van der Waals surface area contributed by atoms with Gasteiger partial charge < -0.3 is 15.4 Å². The highest BCUT2D eigenvalue weighted by Crippen LogP contribution is 2.28. The van der Waals surface area contributed by atoms with Crippen molar-refractivity contribution >= 4 is 34.8 Å². The Hall–Kier alpha value is -1.70. The van der Waals surface area contributed by atoms with Crippen molar-refractivity contribution in [1.82, 2.24) is 10.3 Å². The Morgan fingerprint density at radius 1 is 1.45 bits per heavy atom. The van der Waals surface area contributed by atoms with Gasteiger partial charge in [0.1, 0.15) is 0 Å². The second-order valence-electron chi connectivity index (χ2n) is 4.29. The largest absolute Gasteiger partial charge is 0.494 e. The van der Waals surface area contributed by atoms with Gasteiger partial charge in [0.15, 0.2) is 16.7 Å². The molecule has 0 radical (unpaired) electrons. The van der Waals surface area contributed by atoms with Gasteiger partial charge in [0, 0.05) is 23.9 Å². The van der Waals surface area contributed by atoms with E-state index in [1.54, 1.807) is 24.6 Å². The molecule has 120 valence electrons. The van der Waals surface area contributed by atoms with Gasteiger partial charge >= 0.3 is 0 Å². The number of aromatic nitrogens is 1. The normalized spacial score (nSPS) is 9.95. The molecule has 1 aromatic carbocycles. The van der Waals surface area contributed by atoms with Gasteiger partial charge in [-0.05, 0) is 25.2 Å². The van der Waals surface area contributed by atoms with E-state index in [0.717, 1.165) is 0 Å². The van der Waals surface area contributed by atoms with E-state index in [2.05, 4.69) is 15.6 Å².